The molecule has 1 amide bonds. The van der Waals surface area contributed by atoms with Gasteiger partial charge in [0.2, 0.25) is 5.91 Å². The molecular weight excluding hydrogens is 350 g/mol. The number of carbonyl (C=O) groups is 1. The quantitative estimate of drug-likeness (QED) is 0.770. The molecule has 2 aromatic rings. The minimum absolute atomic E-state index is 0.0590. The first-order chi connectivity index (χ1) is 13.6. The largest absolute Gasteiger partial charge is 0.506 e. The molecule has 1 fully saturated rings. The first kappa shape index (κ1) is 20.2. The molecule has 5 nitrogen and oxygen atoms in total. The Kier molecular flexibility index (Phi) is 6.93. The highest BCUT2D eigenvalue weighted by Gasteiger charge is 2.27. The van der Waals surface area contributed by atoms with Crippen LogP contribution < -0.4 is 10.2 Å². The number of anilines is 1. The Hall–Kier alpha value is -2.53. The van der Waals surface area contributed by atoms with Crippen LogP contribution in [0.2, 0.25) is 0 Å². The van der Waals surface area contributed by atoms with Crippen LogP contribution in [-0.2, 0) is 4.79 Å². The third kappa shape index (κ3) is 4.84. The average molecular weight is 382 g/mol. The summed E-state index contributed by atoms with van der Waals surface area (Å²) in [5.74, 6) is 0.394. The fourth-order valence-electron chi connectivity index (χ4n) is 3.84. The summed E-state index contributed by atoms with van der Waals surface area (Å²) in [6, 6.07) is 17.5. The van der Waals surface area contributed by atoms with E-state index in [4.69, 9.17) is 0 Å². The summed E-state index contributed by atoms with van der Waals surface area (Å²) in [5.41, 5.74) is 2.03. The fourth-order valence-corrected chi connectivity index (χ4v) is 3.84. The number of amides is 1. The Morgan fingerprint density at radius 2 is 1.68 bits per heavy atom. The van der Waals surface area contributed by atoms with Gasteiger partial charge >= 0.3 is 0 Å². The van der Waals surface area contributed by atoms with Gasteiger partial charge in [0.1, 0.15) is 5.75 Å². The molecule has 150 valence electrons. The average Bonchev–Trinajstić information content (AvgIpc) is 2.74. The highest BCUT2D eigenvalue weighted by atomic mass is 16.3. The van der Waals surface area contributed by atoms with Gasteiger partial charge in [-0.3, -0.25) is 9.69 Å². The van der Waals surface area contributed by atoms with E-state index in [1.165, 1.54) is 0 Å². The van der Waals surface area contributed by atoms with Crippen molar-refractivity contribution in [1.82, 2.24) is 10.2 Å². The Balaban J connectivity index is 1.57. The molecule has 2 atom stereocenters. The Bertz CT molecular complexity index is 757. The molecule has 2 N–H and O–H groups in total. The maximum atomic E-state index is 12.9. The van der Waals surface area contributed by atoms with Gasteiger partial charge in [-0.05, 0) is 31.0 Å². The van der Waals surface area contributed by atoms with Crippen molar-refractivity contribution in [2.45, 2.75) is 38.8 Å². The lowest BCUT2D eigenvalue weighted by atomic mass is 10.0. The Morgan fingerprint density at radius 1 is 1.04 bits per heavy atom. The number of nitrogens with one attached hydrogen (secondary N) is 1. The van der Waals surface area contributed by atoms with Crippen LogP contribution in [0, 0.1) is 0 Å². The number of hydrogen-bond donors (Lipinski definition) is 2. The number of piperazine rings is 1. The van der Waals surface area contributed by atoms with Crippen molar-refractivity contribution in [3.63, 3.8) is 0 Å². The molecule has 2 aromatic carbocycles. The monoisotopic (exact) mass is 381 g/mol. The van der Waals surface area contributed by atoms with E-state index >= 15 is 0 Å². The molecule has 0 bridgehead atoms. The van der Waals surface area contributed by atoms with E-state index in [0.29, 0.717) is 5.75 Å². The van der Waals surface area contributed by atoms with Crippen LogP contribution in [0.3, 0.4) is 0 Å². The second-order valence-corrected chi connectivity index (χ2v) is 7.45. The molecule has 1 aliphatic heterocycles. The van der Waals surface area contributed by atoms with Crippen molar-refractivity contribution in [2.24, 2.45) is 0 Å². The van der Waals surface area contributed by atoms with Crippen molar-refractivity contribution in [3.8, 4) is 5.75 Å². The van der Waals surface area contributed by atoms with Crippen LogP contribution in [0.25, 0.3) is 0 Å². The van der Waals surface area contributed by atoms with E-state index in [9.17, 15) is 9.90 Å². The highest BCUT2D eigenvalue weighted by molar-refractivity contribution is 5.81. The predicted molar refractivity (Wildman–Crippen MR) is 114 cm³/mol. The summed E-state index contributed by atoms with van der Waals surface area (Å²) in [6.45, 7) is 7.32. The topological polar surface area (TPSA) is 55.8 Å². The number of phenolic OH excluding ortho intramolecular Hbond substituents is 1. The van der Waals surface area contributed by atoms with E-state index in [1.54, 1.807) is 6.07 Å². The van der Waals surface area contributed by atoms with Gasteiger partial charge in [0.25, 0.3) is 0 Å². The summed E-state index contributed by atoms with van der Waals surface area (Å²) in [6.07, 6.45) is 1.96. The number of phenols is 1. The van der Waals surface area contributed by atoms with Crippen LogP contribution in [0.4, 0.5) is 5.69 Å². The van der Waals surface area contributed by atoms with E-state index in [1.807, 2.05) is 43.3 Å². The summed E-state index contributed by atoms with van der Waals surface area (Å²) < 4.78 is 0. The lowest BCUT2D eigenvalue weighted by Crippen LogP contribution is -2.54. The van der Waals surface area contributed by atoms with Crippen LogP contribution in [0.15, 0.2) is 54.6 Å². The molecule has 1 heterocycles. The number of aromatic hydroxyl groups is 1. The molecule has 5 heteroatoms. The van der Waals surface area contributed by atoms with Crippen molar-refractivity contribution < 1.29 is 9.90 Å². The minimum Gasteiger partial charge on any atom is -0.506 e. The summed E-state index contributed by atoms with van der Waals surface area (Å²) in [7, 11) is 0. The van der Waals surface area contributed by atoms with E-state index in [0.717, 1.165) is 50.3 Å². The second kappa shape index (κ2) is 9.60. The van der Waals surface area contributed by atoms with E-state index in [2.05, 4.69) is 34.2 Å². The van der Waals surface area contributed by atoms with Gasteiger partial charge in [-0.15, -0.1) is 0 Å². The molecular formula is C23H31N3O2. The first-order valence-corrected chi connectivity index (χ1v) is 10.2. The zero-order valence-electron chi connectivity index (χ0n) is 16.8. The van der Waals surface area contributed by atoms with Crippen molar-refractivity contribution in [2.75, 3.05) is 31.1 Å². The van der Waals surface area contributed by atoms with Gasteiger partial charge < -0.3 is 15.3 Å². The normalized spacial score (nSPS) is 17.1. The van der Waals surface area contributed by atoms with Gasteiger partial charge in [0.05, 0.1) is 17.8 Å². The fraction of sp³-hybridized carbons (Fsp3) is 0.435. The first-order valence-electron chi connectivity index (χ1n) is 10.2. The maximum absolute atomic E-state index is 12.9. The van der Waals surface area contributed by atoms with Crippen LogP contribution >= 0.6 is 0 Å². The number of hydrogen-bond acceptors (Lipinski definition) is 4. The summed E-state index contributed by atoms with van der Waals surface area (Å²) in [5, 5.41) is 13.3. The Labute approximate surface area is 168 Å². The SMILES string of the molecule is CCC[C@@H](NC(=O)[C@H](C)N1CCN(c2ccccc2O)CC1)c1ccccc1. The standard InChI is InChI=1S/C23H31N3O2/c1-3-9-20(19-10-5-4-6-11-19)24-23(28)18(2)25-14-16-26(17-15-25)21-12-7-8-13-22(21)27/h4-8,10-13,18,20,27H,3,9,14-17H2,1-2H3,(H,24,28)/t18-,20+/m0/s1. The second-order valence-electron chi connectivity index (χ2n) is 7.45. The third-order valence-corrected chi connectivity index (χ3v) is 5.56. The van der Waals surface area contributed by atoms with Crippen LogP contribution in [0.5, 0.6) is 5.75 Å². The highest BCUT2D eigenvalue weighted by Crippen LogP contribution is 2.27. The molecule has 28 heavy (non-hydrogen) atoms. The van der Waals surface area contributed by atoms with Gasteiger partial charge in [0, 0.05) is 26.2 Å². The molecule has 3 rings (SSSR count). The van der Waals surface area contributed by atoms with Gasteiger partial charge in [-0.2, -0.15) is 0 Å². The van der Waals surface area contributed by atoms with Crippen molar-refractivity contribution >= 4 is 11.6 Å². The number of para-hydroxylation sites is 2. The molecule has 1 saturated heterocycles. The zero-order valence-corrected chi connectivity index (χ0v) is 16.8. The molecule has 1 aliphatic rings. The van der Waals surface area contributed by atoms with Crippen molar-refractivity contribution in [3.05, 3.63) is 60.2 Å². The molecule has 0 aliphatic carbocycles. The lowest BCUT2D eigenvalue weighted by molar-refractivity contribution is -0.126. The molecule has 0 spiro atoms. The Morgan fingerprint density at radius 3 is 2.32 bits per heavy atom. The number of carbonyl (C=O) groups excluding carboxylic acids is 1. The van der Waals surface area contributed by atoms with E-state index < -0.39 is 0 Å². The predicted octanol–water partition coefficient (Wildman–Crippen LogP) is 3.56. The summed E-state index contributed by atoms with van der Waals surface area (Å²) >= 11 is 0. The molecule has 0 saturated carbocycles. The van der Waals surface area contributed by atoms with Crippen LogP contribution in [-0.4, -0.2) is 48.1 Å². The summed E-state index contributed by atoms with van der Waals surface area (Å²) in [4.78, 5) is 17.3. The zero-order chi connectivity index (χ0) is 19.9. The molecule has 0 aromatic heterocycles. The van der Waals surface area contributed by atoms with Crippen LogP contribution in [0.1, 0.15) is 38.3 Å². The number of rotatable bonds is 7. The minimum atomic E-state index is -0.172. The van der Waals surface area contributed by atoms with Gasteiger partial charge in [-0.1, -0.05) is 55.8 Å². The lowest BCUT2D eigenvalue weighted by Gasteiger charge is -2.39. The molecule has 0 unspecified atom stereocenters. The maximum Gasteiger partial charge on any atom is 0.237 e. The van der Waals surface area contributed by atoms with Gasteiger partial charge in [0.15, 0.2) is 0 Å². The molecule has 0 radical (unpaired) electrons. The van der Waals surface area contributed by atoms with Gasteiger partial charge in [-0.25, -0.2) is 0 Å². The third-order valence-electron chi connectivity index (χ3n) is 5.56. The van der Waals surface area contributed by atoms with E-state index in [-0.39, 0.29) is 18.0 Å². The smallest absolute Gasteiger partial charge is 0.237 e. The number of nitrogens with zero attached hydrogens (tertiary/aromatic N) is 2. The van der Waals surface area contributed by atoms with Crippen molar-refractivity contribution in [1.29, 1.82) is 0 Å². The number of benzene rings is 2.